The summed E-state index contributed by atoms with van der Waals surface area (Å²) in [5, 5.41) is 22.2. The van der Waals surface area contributed by atoms with Crippen molar-refractivity contribution in [1.29, 1.82) is 0 Å². The van der Waals surface area contributed by atoms with Crippen molar-refractivity contribution in [3.8, 4) is 5.75 Å². The van der Waals surface area contributed by atoms with Gasteiger partial charge in [-0.1, -0.05) is 51.0 Å². The smallest absolute Gasteiger partial charge is 0.315 e. The van der Waals surface area contributed by atoms with Gasteiger partial charge in [0.15, 0.2) is 6.29 Å². The minimum atomic E-state index is -1.28. The van der Waals surface area contributed by atoms with Gasteiger partial charge < -0.3 is 34.0 Å². The van der Waals surface area contributed by atoms with Gasteiger partial charge >= 0.3 is 5.97 Å². The maximum absolute atomic E-state index is 13.6. The molecule has 6 rings (SSSR count). The Labute approximate surface area is 248 Å². The fourth-order valence-corrected chi connectivity index (χ4v) is 10.2. The summed E-state index contributed by atoms with van der Waals surface area (Å²) in [6.45, 7) is 8.73. The first-order valence-electron chi connectivity index (χ1n) is 15.7. The van der Waals surface area contributed by atoms with E-state index < -0.39 is 46.8 Å². The van der Waals surface area contributed by atoms with E-state index >= 15 is 0 Å². The van der Waals surface area contributed by atoms with Crippen LogP contribution in [0.25, 0.3) is 0 Å². The summed E-state index contributed by atoms with van der Waals surface area (Å²) in [7, 11) is 1.62. The highest BCUT2D eigenvalue weighted by Gasteiger charge is 2.84. The summed E-state index contributed by atoms with van der Waals surface area (Å²) in [4.78, 5) is 26.8. The predicted octanol–water partition coefficient (Wildman–Crippen LogP) is 5.02. The van der Waals surface area contributed by atoms with Crippen LogP contribution in [0.1, 0.15) is 65.4 Å². The number of carboxylic acids is 1. The summed E-state index contributed by atoms with van der Waals surface area (Å²) < 4.78 is 24.1. The van der Waals surface area contributed by atoms with Crippen molar-refractivity contribution < 1.29 is 38.7 Å². The standard InChI is InChI=1S/C34H46O8/c1-19(2)27-12-23-14-32(17-35)26-11-6-20(3)25(26)15-33(23,34(27,32)31(37)38)18-41-29-13-28(36)30(21(4)42-29)40-16-22-7-9-24(39-5)10-8-22/h7-10,12,17,19-21,23,25-26,28-30,36H,6,11,13-16,18H2,1-5H3,(H,37,38)/t20?,21-,23?,25?,26?,28+,29-,30-,32?,33?,34?/m1/s1. The van der Waals surface area contributed by atoms with Gasteiger partial charge in [-0.15, -0.1) is 0 Å². The molecule has 7 unspecified atom stereocenters. The molecule has 0 radical (unpaired) electrons. The molecule has 4 aliphatic carbocycles. The van der Waals surface area contributed by atoms with E-state index in [-0.39, 0.29) is 30.8 Å². The molecule has 4 bridgehead atoms. The summed E-state index contributed by atoms with van der Waals surface area (Å²) in [6, 6.07) is 7.60. The van der Waals surface area contributed by atoms with E-state index in [1.165, 1.54) is 0 Å². The summed E-state index contributed by atoms with van der Waals surface area (Å²) in [5.74, 6) is 0.668. The first-order valence-corrected chi connectivity index (χ1v) is 15.7. The van der Waals surface area contributed by atoms with E-state index in [9.17, 15) is 19.8 Å². The van der Waals surface area contributed by atoms with Crippen molar-refractivity contribution in [2.75, 3.05) is 13.7 Å². The molecule has 0 aromatic heterocycles. The Hall–Kier alpha value is -2.26. The number of benzene rings is 1. The highest BCUT2D eigenvalue weighted by molar-refractivity contribution is 5.90. The van der Waals surface area contributed by atoms with Crippen molar-refractivity contribution >= 4 is 12.3 Å². The van der Waals surface area contributed by atoms with E-state index in [0.29, 0.717) is 24.9 Å². The molecule has 8 nitrogen and oxygen atoms in total. The van der Waals surface area contributed by atoms with Gasteiger partial charge in [-0.2, -0.15) is 0 Å². The van der Waals surface area contributed by atoms with Gasteiger partial charge in [0.1, 0.15) is 23.6 Å². The topological polar surface area (TPSA) is 112 Å². The van der Waals surface area contributed by atoms with Crippen molar-refractivity contribution in [3.63, 3.8) is 0 Å². The Morgan fingerprint density at radius 3 is 2.50 bits per heavy atom. The van der Waals surface area contributed by atoms with Crippen LogP contribution >= 0.6 is 0 Å². The number of aliphatic hydroxyl groups excluding tert-OH is 1. The number of hydrogen-bond donors (Lipinski definition) is 2. The third-order valence-electron chi connectivity index (χ3n) is 11.9. The lowest BCUT2D eigenvalue weighted by Gasteiger charge is -2.58. The van der Waals surface area contributed by atoms with Crippen LogP contribution in [0.15, 0.2) is 35.9 Å². The Kier molecular flexibility index (Phi) is 7.61. The lowest BCUT2D eigenvalue weighted by Crippen LogP contribution is -2.63. The summed E-state index contributed by atoms with van der Waals surface area (Å²) in [5.41, 5.74) is -1.07. The molecule has 3 saturated carbocycles. The number of carbonyl (C=O) groups is 2. The minimum absolute atomic E-state index is 0.0110. The van der Waals surface area contributed by atoms with Crippen LogP contribution < -0.4 is 4.74 Å². The average molecular weight is 583 g/mol. The van der Waals surface area contributed by atoms with Gasteiger partial charge in [-0.3, -0.25) is 4.79 Å². The number of allylic oxidation sites excluding steroid dienone is 1. The first kappa shape index (κ1) is 29.8. The Balaban J connectivity index is 1.22. The molecule has 1 aliphatic heterocycles. The molecule has 0 amide bonds. The van der Waals surface area contributed by atoms with Gasteiger partial charge in [-0.05, 0) is 73.5 Å². The molecule has 230 valence electrons. The van der Waals surface area contributed by atoms with E-state index in [0.717, 1.165) is 42.4 Å². The largest absolute Gasteiger partial charge is 0.497 e. The second-order valence-corrected chi connectivity index (χ2v) is 14.0. The van der Waals surface area contributed by atoms with Crippen LogP contribution in [0, 0.1) is 45.8 Å². The molecule has 2 N–H and O–H groups in total. The molecule has 11 atom stereocenters. The van der Waals surface area contributed by atoms with Crippen LogP contribution in [-0.2, 0) is 30.4 Å². The van der Waals surface area contributed by atoms with Gasteiger partial charge in [0.2, 0.25) is 0 Å². The molecule has 1 heterocycles. The van der Waals surface area contributed by atoms with E-state index in [4.69, 9.17) is 18.9 Å². The van der Waals surface area contributed by atoms with Crippen molar-refractivity contribution in [1.82, 2.24) is 0 Å². The quantitative estimate of drug-likeness (QED) is 0.292. The highest BCUT2D eigenvalue weighted by Crippen LogP contribution is 2.82. The highest BCUT2D eigenvalue weighted by atomic mass is 16.7. The number of carboxylic acid groups (broad SMARTS) is 1. The number of aldehydes is 1. The number of hydrogen-bond acceptors (Lipinski definition) is 7. The molecule has 1 aromatic carbocycles. The monoisotopic (exact) mass is 582 g/mol. The predicted molar refractivity (Wildman–Crippen MR) is 155 cm³/mol. The average Bonchev–Trinajstić information content (AvgIpc) is 3.53. The molecule has 4 fully saturated rings. The lowest BCUT2D eigenvalue weighted by molar-refractivity contribution is -0.271. The van der Waals surface area contributed by atoms with Crippen molar-refractivity contribution in [2.24, 2.45) is 45.8 Å². The van der Waals surface area contributed by atoms with Gasteiger partial charge in [0.25, 0.3) is 0 Å². The van der Waals surface area contributed by atoms with Gasteiger partial charge in [-0.25, -0.2) is 0 Å². The number of rotatable bonds is 10. The number of fused-ring (bicyclic) bond motifs is 2. The van der Waals surface area contributed by atoms with Gasteiger partial charge in [0, 0.05) is 11.8 Å². The molecular weight excluding hydrogens is 536 g/mol. The SMILES string of the molecule is COc1ccc(CO[C@H]2[C@@H](O)C[C@H](OCC34CC5C(C)CCC5C5(C=O)CC3C=C(C(C)C)C54C(=O)O)O[C@@H]2C)cc1. The molecule has 1 saturated heterocycles. The molecule has 8 heteroatoms. The Bertz CT molecular complexity index is 1210. The second-order valence-electron chi connectivity index (χ2n) is 14.0. The zero-order valence-corrected chi connectivity index (χ0v) is 25.5. The molecule has 42 heavy (non-hydrogen) atoms. The Morgan fingerprint density at radius 1 is 1.14 bits per heavy atom. The molecular formula is C34H46O8. The minimum Gasteiger partial charge on any atom is -0.497 e. The Morgan fingerprint density at radius 2 is 1.88 bits per heavy atom. The number of aliphatic carboxylic acids is 1. The number of aliphatic hydroxyl groups is 1. The molecule has 0 spiro atoms. The molecule has 5 aliphatic rings. The lowest BCUT2D eigenvalue weighted by atomic mass is 9.43. The van der Waals surface area contributed by atoms with Crippen LogP contribution in [-0.4, -0.2) is 60.8 Å². The van der Waals surface area contributed by atoms with Gasteiger partial charge in [0.05, 0.1) is 37.9 Å². The van der Waals surface area contributed by atoms with Crippen LogP contribution in [0.3, 0.4) is 0 Å². The van der Waals surface area contributed by atoms with Crippen LogP contribution in [0.4, 0.5) is 0 Å². The maximum atomic E-state index is 13.6. The van der Waals surface area contributed by atoms with Crippen LogP contribution in [0.2, 0.25) is 0 Å². The number of carbonyl (C=O) groups excluding carboxylic acids is 1. The summed E-state index contributed by atoms with van der Waals surface area (Å²) in [6.07, 6.45) is 4.24. The fourth-order valence-electron chi connectivity index (χ4n) is 10.2. The third kappa shape index (κ3) is 4.01. The zero-order chi connectivity index (χ0) is 30.0. The summed E-state index contributed by atoms with van der Waals surface area (Å²) >= 11 is 0. The normalized spacial score (nSPS) is 43.7. The molecule has 1 aromatic rings. The van der Waals surface area contributed by atoms with E-state index in [1.807, 2.05) is 45.0 Å². The van der Waals surface area contributed by atoms with Crippen LogP contribution in [0.5, 0.6) is 5.75 Å². The van der Waals surface area contributed by atoms with Crippen molar-refractivity contribution in [3.05, 3.63) is 41.5 Å². The number of ether oxygens (including phenoxy) is 4. The first-order chi connectivity index (χ1) is 20.0. The van der Waals surface area contributed by atoms with Crippen molar-refractivity contribution in [2.45, 2.75) is 91.0 Å². The van der Waals surface area contributed by atoms with E-state index in [2.05, 4.69) is 13.0 Å². The third-order valence-corrected chi connectivity index (χ3v) is 11.9. The van der Waals surface area contributed by atoms with E-state index in [1.54, 1.807) is 7.11 Å². The second kappa shape index (κ2) is 10.7. The maximum Gasteiger partial charge on any atom is 0.315 e. The number of methoxy groups -OCH3 is 1. The fraction of sp³-hybridized carbons (Fsp3) is 0.706. The zero-order valence-electron chi connectivity index (χ0n) is 25.5.